The molecule has 0 aliphatic carbocycles. The number of hydrogen-bond acceptors (Lipinski definition) is 5. The third kappa shape index (κ3) is 3.01. The van der Waals surface area contributed by atoms with Crippen molar-refractivity contribution < 1.29 is 14.3 Å². The van der Waals surface area contributed by atoms with Gasteiger partial charge in [0.25, 0.3) is 5.56 Å². The normalized spacial score (nSPS) is 23.1. The van der Waals surface area contributed by atoms with E-state index in [1.165, 1.54) is 4.90 Å². The molecule has 2 atom stereocenters. The van der Waals surface area contributed by atoms with Crippen molar-refractivity contribution in [3.8, 4) is 11.4 Å². The van der Waals surface area contributed by atoms with Crippen LogP contribution in [0.4, 0.5) is 4.79 Å². The van der Waals surface area contributed by atoms with Crippen LogP contribution in [0.1, 0.15) is 18.0 Å². The van der Waals surface area contributed by atoms with Gasteiger partial charge >= 0.3 is 6.09 Å². The summed E-state index contributed by atoms with van der Waals surface area (Å²) in [6.07, 6.45) is 4.06. The average molecular weight is 397 g/mol. The molecule has 2 bridgehead atoms. The Kier molecular flexibility index (Phi) is 4.18. The molecule has 0 N–H and O–H groups in total. The lowest BCUT2D eigenvalue weighted by Gasteiger charge is -2.43. The molecule has 5 rings (SSSR count). The molecule has 2 aromatic rings. The van der Waals surface area contributed by atoms with E-state index in [9.17, 15) is 14.4 Å². The highest BCUT2D eigenvalue weighted by Crippen LogP contribution is 2.35. The number of cyclic esters (lactones) is 1. The molecule has 5 heterocycles. The van der Waals surface area contributed by atoms with Crippen LogP contribution in [-0.4, -0.2) is 68.7 Å². The van der Waals surface area contributed by atoms with E-state index in [0.29, 0.717) is 44.2 Å². The second-order valence-corrected chi connectivity index (χ2v) is 8.08. The number of ether oxygens (including phenoxy) is 1. The summed E-state index contributed by atoms with van der Waals surface area (Å²) in [7, 11) is 1.88. The van der Waals surface area contributed by atoms with Crippen LogP contribution >= 0.6 is 0 Å². The zero-order valence-electron chi connectivity index (χ0n) is 16.3. The molecule has 3 aliphatic rings. The molecule has 29 heavy (non-hydrogen) atoms. The van der Waals surface area contributed by atoms with E-state index in [1.54, 1.807) is 6.20 Å². The molecule has 0 spiro atoms. The van der Waals surface area contributed by atoms with Crippen LogP contribution in [0.2, 0.25) is 0 Å². The summed E-state index contributed by atoms with van der Waals surface area (Å²) in [4.78, 5) is 45.1. The Morgan fingerprint density at radius 2 is 2.10 bits per heavy atom. The quantitative estimate of drug-likeness (QED) is 0.759. The smallest absolute Gasteiger partial charge is 0.410 e. The van der Waals surface area contributed by atoms with Crippen LogP contribution in [0.25, 0.3) is 11.4 Å². The maximum Gasteiger partial charge on any atom is 0.410 e. The summed E-state index contributed by atoms with van der Waals surface area (Å²) >= 11 is 0. The van der Waals surface area contributed by atoms with Gasteiger partial charge in [0.1, 0.15) is 19.0 Å². The first-order valence-corrected chi connectivity index (χ1v) is 9.92. The number of likely N-dealkylation sites (tertiary alicyclic amines) is 1. The van der Waals surface area contributed by atoms with Gasteiger partial charge in [-0.3, -0.25) is 14.5 Å². The van der Waals surface area contributed by atoms with Crippen LogP contribution in [-0.2, 0) is 23.1 Å². The highest BCUT2D eigenvalue weighted by Gasteiger charge is 2.37. The molecule has 152 valence electrons. The number of hydrogen-bond donors (Lipinski definition) is 0. The van der Waals surface area contributed by atoms with Gasteiger partial charge in [-0.05, 0) is 24.5 Å². The van der Waals surface area contributed by atoms with Gasteiger partial charge in [0.2, 0.25) is 5.91 Å². The van der Waals surface area contributed by atoms with Gasteiger partial charge in [-0.2, -0.15) is 0 Å². The number of aryl methyl sites for hydroxylation is 1. The molecular weight excluding hydrogens is 374 g/mol. The van der Waals surface area contributed by atoms with E-state index in [1.807, 2.05) is 39.4 Å². The Morgan fingerprint density at radius 3 is 2.83 bits per heavy atom. The number of fused-ring (bicyclic) bond motifs is 4. The number of carbonyl (C=O) groups excluding carboxylic acids is 2. The number of pyridine rings is 1. The molecule has 9 nitrogen and oxygen atoms in total. The lowest BCUT2D eigenvalue weighted by Crippen LogP contribution is -2.51. The second kappa shape index (κ2) is 6.75. The lowest BCUT2D eigenvalue weighted by molar-refractivity contribution is -0.134. The van der Waals surface area contributed by atoms with E-state index >= 15 is 0 Å². The largest absolute Gasteiger partial charge is 0.448 e. The highest BCUT2D eigenvalue weighted by molar-refractivity contribution is 5.83. The number of aromatic nitrogens is 3. The van der Waals surface area contributed by atoms with Crippen molar-refractivity contribution in [1.82, 2.24) is 23.9 Å². The molecule has 2 saturated heterocycles. The monoisotopic (exact) mass is 397 g/mol. The first kappa shape index (κ1) is 18.0. The van der Waals surface area contributed by atoms with Crippen molar-refractivity contribution in [3.63, 3.8) is 0 Å². The molecule has 0 radical (unpaired) electrons. The van der Waals surface area contributed by atoms with Gasteiger partial charge in [0.05, 0.1) is 12.1 Å². The Labute approximate surface area is 167 Å². The summed E-state index contributed by atoms with van der Waals surface area (Å²) in [5.74, 6) is 0.958. The van der Waals surface area contributed by atoms with Gasteiger partial charge in [0.15, 0.2) is 0 Å². The Balaban J connectivity index is 1.39. The Morgan fingerprint density at radius 1 is 1.24 bits per heavy atom. The summed E-state index contributed by atoms with van der Waals surface area (Å²) in [6.45, 7) is 2.63. The van der Waals surface area contributed by atoms with Crippen molar-refractivity contribution in [2.45, 2.75) is 18.9 Å². The SMILES string of the molecule is Cn1ccnc1-c1ccc2n(c1=O)C[C@H]1C[C@@H]2CN(C(=O)CN2CCOC2=O)C1. The summed E-state index contributed by atoms with van der Waals surface area (Å²) in [5.41, 5.74) is 1.55. The van der Waals surface area contributed by atoms with E-state index in [0.717, 1.165) is 12.1 Å². The van der Waals surface area contributed by atoms with Gasteiger partial charge in [0, 0.05) is 50.7 Å². The van der Waals surface area contributed by atoms with Crippen molar-refractivity contribution >= 4 is 12.0 Å². The van der Waals surface area contributed by atoms with Crippen LogP contribution < -0.4 is 5.56 Å². The van der Waals surface area contributed by atoms with E-state index in [2.05, 4.69) is 4.98 Å². The molecule has 0 unspecified atom stereocenters. The number of amides is 2. The van der Waals surface area contributed by atoms with Crippen LogP contribution in [0, 0.1) is 5.92 Å². The molecule has 0 aromatic carbocycles. The topological polar surface area (TPSA) is 89.7 Å². The molecule has 2 fully saturated rings. The second-order valence-electron chi connectivity index (χ2n) is 8.08. The van der Waals surface area contributed by atoms with Crippen molar-refractivity contribution in [2.24, 2.45) is 13.0 Å². The predicted octanol–water partition coefficient (Wildman–Crippen LogP) is 0.647. The first-order valence-electron chi connectivity index (χ1n) is 9.92. The van der Waals surface area contributed by atoms with Gasteiger partial charge in [-0.25, -0.2) is 9.78 Å². The third-order valence-electron chi connectivity index (χ3n) is 6.19. The van der Waals surface area contributed by atoms with Crippen LogP contribution in [0.15, 0.2) is 29.3 Å². The standard InChI is InChI=1S/C20H23N5O4/c1-22-5-4-21-18(22)15-2-3-16-14-8-13(10-25(16)19(15)27)9-24(11-14)17(26)12-23-6-7-29-20(23)28/h2-5,13-14H,6-12H2,1H3/t13-,14+/m0/s1. The minimum Gasteiger partial charge on any atom is -0.448 e. The zero-order valence-corrected chi connectivity index (χ0v) is 16.3. The molecule has 3 aliphatic heterocycles. The summed E-state index contributed by atoms with van der Waals surface area (Å²) in [6, 6.07) is 3.84. The van der Waals surface area contributed by atoms with E-state index in [-0.39, 0.29) is 29.8 Å². The molecule has 2 amide bonds. The third-order valence-corrected chi connectivity index (χ3v) is 6.19. The van der Waals surface area contributed by atoms with Gasteiger partial charge < -0.3 is 18.8 Å². The van der Waals surface area contributed by atoms with E-state index < -0.39 is 6.09 Å². The number of nitrogens with zero attached hydrogens (tertiary/aromatic N) is 5. The predicted molar refractivity (Wildman–Crippen MR) is 103 cm³/mol. The minimum atomic E-state index is -0.422. The molecular formula is C20H23N5O4. The number of rotatable bonds is 3. The number of carbonyl (C=O) groups is 2. The Bertz CT molecular complexity index is 1040. The minimum absolute atomic E-state index is 0.0221. The summed E-state index contributed by atoms with van der Waals surface area (Å²) < 4.78 is 8.62. The average Bonchev–Trinajstić information content (AvgIpc) is 3.31. The molecule has 9 heteroatoms. The molecule has 0 saturated carbocycles. The first-order chi connectivity index (χ1) is 14.0. The van der Waals surface area contributed by atoms with E-state index in [4.69, 9.17) is 4.74 Å². The molecule has 2 aromatic heterocycles. The number of piperidine rings is 1. The van der Waals surface area contributed by atoms with Crippen molar-refractivity contribution in [3.05, 3.63) is 40.6 Å². The fraction of sp³-hybridized carbons (Fsp3) is 0.500. The zero-order chi connectivity index (χ0) is 20.1. The van der Waals surface area contributed by atoms with Crippen molar-refractivity contribution in [2.75, 3.05) is 32.8 Å². The van der Waals surface area contributed by atoms with Gasteiger partial charge in [-0.15, -0.1) is 0 Å². The van der Waals surface area contributed by atoms with Gasteiger partial charge in [-0.1, -0.05) is 0 Å². The fourth-order valence-electron chi connectivity index (χ4n) is 4.78. The highest BCUT2D eigenvalue weighted by atomic mass is 16.6. The maximum absolute atomic E-state index is 13.1. The lowest BCUT2D eigenvalue weighted by atomic mass is 9.83. The van der Waals surface area contributed by atoms with Crippen LogP contribution in [0.5, 0.6) is 0 Å². The Hall–Kier alpha value is -3.10. The fourth-order valence-corrected chi connectivity index (χ4v) is 4.78. The van der Waals surface area contributed by atoms with Crippen LogP contribution in [0.3, 0.4) is 0 Å². The van der Waals surface area contributed by atoms with Crippen molar-refractivity contribution in [1.29, 1.82) is 0 Å². The summed E-state index contributed by atoms with van der Waals surface area (Å²) in [5, 5.41) is 0. The maximum atomic E-state index is 13.1. The number of imidazole rings is 1.